The second kappa shape index (κ2) is 4.73. The molecule has 0 saturated carbocycles. The van der Waals surface area contributed by atoms with Gasteiger partial charge >= 0.3 is 0 Å². The molecule has 2 nitrogen and oxygen atoms in total. The Morgan fingerprint density at radius 3 is 2.36 bits per heavy atom. The van der Waals surface area contributed by atoms with Crippen LogP contribution in [0.15, 0.2) is 0 Å². The molecule has 0 radical (unpaired) electrons. The second-order valence-corrected chi connectivity index (χ2v) is 3.98. The number of nitrogens with one attached hydrogen (secondary N) is 1. The maximum Gasteiger partial charge on any atom is 0.0581 e. The molecular formula is C9H21NO. The third-order valence-electron chi connectivity index (χ3n) is 2.16. The third kappa shape index (κ3) is 5.22. The Hall–Kier alpha value is -0.0800. The molecule has 2 N–H and O–H groups in total. The van der Waals surface area contributed by atoms with Crippen molar-refractivity contribution in [3.05, 3.63) is 0 Å². The van der Waals surface area contributed by atoms with Gasteiger partial charge in [0.2, 0.25) is 0 Å². The van der Waals surface area contributed by atoms with Crippen molar-refractivity contribution in [1.29, 1.82) is 0 Å². The summed E-state index contributed by atoms with van der Waals surface area (Å²) in [7, 11) is 0. The van der Waals surface area contributed by atoms with E-state index in [1.165, 1.54) is 0 Å². The van der Waals surface area contributed by atoms with Gasteiger partial charge in [-0.3, -0.25) is 0 Å². The van der Waals surface area contributed by atoms with E-state index in [4.69, 9.17) is 5.11 Å². The van der Waals surface area contributed by atoms with Crippen LogP contribution in [-0.4, -0.2) is 24.3 Å². The predicted molar refractivity (Wildman–Crippen MR) is 48.6 cm³/mol. The molecule has 0 rings (SSSR count). The van der Waals surface area contributed by atoms with Gasteiger partial charge in [-0.2, -0.15) is 0 Å². The molecule has 1 unspecified atom stereocenters. The first kappa shape index (κ1) is 10.9. The van der Waals surface area contributed by atoms with Gasteiger partial charge in [0.25, 0.3) is 0 Å². The van der Waals surface area contributed by atoms with Crippen LogP contribution in [-0.2, 0) is 0 Å². The molecule has 68 valence electrons. The predicted octanol–water partition coefficient (Wildman–Crippen LogP) is 1.39. The van der Waals surface area contributed by atoms with Crippen molar-refractivity contribution in [2.75, 3.05) is 13.2 Å². The van der Waals surface area contributed by atoms with Crippen molar-refractivity contribution in [2.24, 2.45) is 5.41 Å². The standard InChI is InChI=1S/C9H21NO/c1-5-9(3,4)7-10-8(2)6-11/h8,10-11H,5-7H2,1-4H3. The lowest BCUT2D eigenvalue weighted by Gasteiger charge is -2.24. The Kier molecular flexibility index (Phi) is 4.69. The van der Waals surface area contributed by atoms with Crippen molar-refractivity contribution in [3.63, 3.8) is 0 Å². The lowest BCUT2D eigenvalue weighted by Crippen LogP contribution is -2.36. The smallest absolute Gasteiger partial charge is 0.0581 e. The van der Waals surface area contributed by atoms with Crippen LogP contribution in [0.25, 0.3) is 0 Å². The summed E-state index contributed by atoms with van der Waals surface area (Å²) in [5, 5.41) is 12.0. The summed E-state index contributed by atoms with van der Waals surface area (Å²) in [5.74, 6) is 0. The maximum atomic E-state index is 8.74. The Morgan fingerprint density at radius 1 is 1.45 bits per heavy atom. The highest BCUT2D eigenvalue weighted by atomic mass is 16.3. The zero-order chi connectivity index (χ0) is 8.91. The molecule has 0 amide bonds. The summed E-state index contributed by atoms with van der Waals surface area (Å²) in [6.45, 7) is 9.83. The molecule has 11 heavy (non-hydrogen) atoms. The first-order chi connectivity index (χ1) is 5.02. The van der Waals surface area contributed by atoms with Gasteiger partial charge in [-0.1, -0.05) is 20.8 Å². The highest BCUT2D eigenvalue weighted by Crippen LogP contribution is 2.17. The van der Waals surface area contributed by atoms with E-state index in [0.29, 0.717) is 5.41 Å². The van der Waals surface area contributed by atoms with Crippen LogP contribution >= 0.6 is 0 Å². The summed E-state index contributed by atoms with van der Waals surface area (Å²) in [6, 6.07) is 0.223. The normalized spacial score (nSPS) is 15.0. The van der Waals surface area contributed by atoms with E-state index in [1.807, 2.05) is 6.92 Å². The molecule has 0 aromatic heterocycles. The number of hydrogen-bond acceptors (Lipinski definition) is 2. The van der Waals surface area contributed by atoms with Gasteiger partial charge in [0.15, 0.2) is 0 Å². The van der Waals surface area contributed by atoms with Crippen LogP contribution in [0.5, 0.6) is 0 Å². The summed E-state index contributed by atoms with van der Waals surface area (Å²) in [4.78, 5) is 0. The number of hydrogen-bond donors (Lipinski definition) is 2. The highest BCUT2D eigenvalue weighted by molar-refractivity contribution is 4.71. The van der Waals surface area contributed by atoms with Gasteiger partial charge in [0.05, 0.1) is 6.61 Å². The second-order valence-electron chi connectivity index (χ2n) is 3.98. The van der Waals surface area contributed by atoms with Gasteiger partial charge in [0.1, 0.15) is 0 Å². The van der Waals surface area contributed by atoms with Gasteiger partial charge in [0, 0.05) is 12.6 Å². The fourth-order valence-corrected chi connectivity index (χ4v) is 0.640. The van der Waals surface area contributed by atoms with Crippen LogP contribution in [0.4, 0.5) is 0 Å². The Labute approximate surface area is 70.0 Å². The van der Waals surface area contributed by atoms with E-state index in [1.54, 1.807) is 0 Å². The van der Waals surface area contributed by atoms with Crippen LogP contribution in [0.1, 0.15) is 34.1 Å². The largest absolute Gasteiger partial charge is 0.395 e. The first-order valence-corrected chi connectivity index (χ1v) is 4.36. The van der Waals surface area contributed by atoms with Crippen molar-refractivity contribution in [2.45, 2.75) is 40.2 Å². The topological polar surface area (TPSA) is 32.3 Å². The van der Waals surface area contributed by atoms with Crippen LogP contribution in [0, 0.1) is 5.41 Å². The molecule has 0 aliphatic carbocycles. The van der Waals surface area contributed by atoms with Crippen LogP contribution in [0.2, 0.25) is 0 Å². The van der Waals surface area contributed by atoms with E-state index in [9.17, 15) is 0 Å². The van der Waals surface area contributed by atoms with Crippen LogP contribution < -0.4 is 5.32 Å². The third-order valence-corrected chi connectivity index (χ3v) is 2.16. The van der Waals surface area contributed by atoms with Crippen molar-refractivity contribution >= 4 is 0 Å². The summed E-state index contributed by atoms with van der Waals surface area (Å²) in [5.41, 5.74) is 0.351. The summed E-state index contributed by atoms with van der Waals surface area (Å²) in [6.07, 6.45) is 1.16. The molecule has 0 spiro atoms. The summed E-state index contributed by atoms with van der Waals surface area (Å²) >= 11 is 0. The molecule has 1 atom stereocenters. The lowest BCUT2D eigenvalue weighted by atomic mass is 9.90. The van der Waals surface area contributed by atoms with Crippen molar-refractivity contribution in [3.8, 4) is 0 Å². The zero-order valence-electron chi connectivity index (χ0n) is 8.15. The van der Waals surface area contributed by atoms with E-state index < -0.39 is 0 Å². The van der Waals surface area contributed by atoms with Gasteiger partial charge in [-0.25, -0.2) is 0 Å². The number of rotatable bonds is 5. The highest BCUT2D eigenvalue weighted by Gasteiger charge is 2.15. The fraction of sp³-hybridized carbons (Fsp3) is 1.00. The molecule has 0 aromatic carbocycles. The van der Waals surface area contributed by atoms with E-state index in [-0.39, 0.29) is 12.6 Å². The van der Waals surface area contributed by atoms with Gasteiger partial charge in [-0.05, 0) is 18.8 Å². The van der Waals surface area contributed by atoms with Crippen molar-refractivity contribution < 1.29 is 5.11 Å². The minimum absolute atomic E-state index is 0.222. The quantitative estimate of drug-likeness (QED) is 0.635. The maximum absolute atomic E-state index is 8.74. The van der Waals surface area contributed by atoms with Gasteiger partial charge < -0.3 is 10.4 Å². The molecule has 0 aromatic rings. The lowest BCUT2D eigenvalue weighted by molar-refractivity contribution is 0.229. The number of aliphatic hydroxyl groups is 1. The Bertz CT molecular complexity index is 102. The molecule has 0 saturated heterocycles. The monoisotopic (exact) mass is 159 g/mol. The minimum atomic E-state index is 0.222. The molecule has 0 aliphatic heterocycles. The molecule has 2 heteroatoms. The van der Waals surface area contributed by atoms with Gasteiger partial charge in [-0.15, -0.1) is 0 Å². The summed E-state index contributed by atoms with van der Waals surface area (Å²) < 4.78 is 0. The van der Waals surface area contributed by atoms with Crippen molar-refractivity contribution in [1.82, 2.24) is 5.32 Å². The SMILES string of the molecule is CCC(C)(C)CNC(C)CO. The van der Waals surface area contributed by atoms with Crippen LogP contribution in [0.3, 0.4) is 0 Å². The fourth-order valence-electron chi connectivity index (χ4n) is 0.640. The molecule has 0 heterocycles. The first-order valence-electron chi connectivity index (χ1n) is 4.36. The molecule has 0 aliphatic rings. The average molecular weight is 159 g/mol. The average Bonchev–Trinajstić information content (AvgIpc) is 2.00. The molecule has 0 fully saturated rings. The Balaban J connectivity index is 3.52. The minimum Gasteiger partial charge on any atom is -0.395 e. The van der Waals surface area contributed by atoms with E-state index in [2.05, 4.69) is 26.1 Å². The van der Waals surface area contributed by atoms with E-state index >= 15 is 0 Å². The van der Waals surface area contributed by atoms with E-state index in [0.717, 1.165) is 13.0 Å². The zero-order valence-corrected chi connectivity index (χ0v) is 8.15. The molecule has 0 bridgehead atoms. The molecular weight excluding hydrogens is 138 g/mol. The Morgan fingerprint density at radius 2 is 2.00 bits per heavy atom. The number of aliphatic hydroxyl groups excluding tert-OH is 1.